The average molecular weight is 234 g/mol. The van der Waals surface area contributed by atoms with Gasteiger partial charge >= 0.3 is 0 Å². The van der Waals surface area contributed by atoms with Gasteiger partial charge in [-0.25, -0.2) is 4.98 Å². The van der Waals surface area contributed by atoms with Crippen LogP contribution >= 0.6 is 0 Å². The van der Waals surface area contributed by atoms with Gasteiger partial charge in [-0.15, -0.1) is 5.10 Å². The van der Waals surface area contributed by atoms with Crippen LogP contribution in [0.15, 0.2) is 12.4 Å². The van der Waals surface area contributed by atoms with Crippen molar-refractivity contribution in [3.05, 3.63) is 29.6 Å². The lowest BCUT2D eigenvalue weighted by molar-refractivity contribution is 0.639. The fraction of sp³-hybridized carbons (Fsp3) is 0.545. The molecule has 0 saturated heterocycles. The smallest absolute Gasteiger partial charge is 0.106 e. The van der Waals surface area contributed by atoms with Crippen LogP contribution in [0.4, 0.5) is 0 Å². The van der Waals surface area contributed by atoms with Crippen molar-refractivity contribution in [1.29, 1.82) is 0 Å². The molecule has 0 aliphatic rings. The summed E-state index contributed by atoms with van der Waals surface area (Å²) in [6, 6.07) is 0. The first-order chi connectivity index (χ1) is 8.20. The molecule has 2 aromatic rings. The highest BCUT2D eigenvalue weighted by Crippen LogP contribution is 2.07. The van der Waals surface area contributed by atoms with Gasteiger partial charge in [0.15, 0.2) is 0 Å². The standard InChI is InChI=1S/C11H18N6/c1-4-12-5-11-6-13-9(2)17(11)8-10-7-16(3)15-14-10/h6-7,12H,4-5,8H2,1-3H3. The summed E-state index contributed by atoms with van der Waals surface area (Å²) in [5.41, 5.74) is 2.13. The molecule has 17 heavy (non-hydrogen) atoms. The Kier molecular flexibility index (Phi) is 3.53. The molecule has 0 amide bonds. The first-order valence-electron chi connectivity index (χ1n) is 5.77. The van der Waals surface area contributed by atoms with E-state index in [0.717, 1.165) is 31.2 Å². The van der Waals surface area contributed by atoms with E-state index in [1.54, 1.807) is 4.68 Å². The highest BCUT2D eigenvalue weighted by atomic mass is 15.4. The minimum absolute atomic E-state index is 0.723. The summed E-state index contributed by atoms with van der Waals surface area (Å²) < 4.78 is 3.87. The maximum absolute atomic E-state index is 4.34. The SMILES string of the molecule is CCNCc1cnc(C)n1Cc1cn(C)nn1. The second-order valence-corrected chi connectivity index (χ2v) is 4.05. The van der Waals surface area contributed by atoms with Gasteiger partial charge < -0.3 is 9.88 Å². The third kappa shape index (κ3) is 2.71. The van der Waals surface area contributed by atoms with E-state index in [0.29, 0.717) is 0 Å². The van der Waals surface area contributed by atoms with Crippen molar-refractivity contribution in [2.45, 2.75) is 26.9 Å². The Morgan fingerprint density at radius 1 is 1.41 bits per heavy atom. The number of aryl methyl sites for hydroxylation is 2. The average Bonchev–Trinajstić information content (AvgIpc) is 2.86. The third-order valence-electron chi connectivity index (χ3n) is 2.66. The molecule has 0 atom stereocenters. The normalized spacial score (nSPS) is 11.0. The quantitative estimate of drug-likeness (QED) is 0.817. The van der Waals surface area contributed by atoms with E-state index in [9.17, 15) is 0 Å². The molecule has 0 aromatic carbocycles. The summed E-state index contributed by atoms with van der Waals surface area (Å²) in [6.07, 6.45) is 3.84. The number of nitrogens with one attached hydrogen (secondary N) is 1. The van der Waals surface area contributed by atoms with E-state index >= 15 is 0 Å². The van der Waals surface area contributed by atoms with Crippen LogP contribution in [-0.4, -0.2) is 31.1 Å². The van der Waals surface area contributed by atoms with Gasteiger partial charge in [-0.3, -0.25) is 4.68 Å². The van der Waals surface area contributed by atoms with Crippen LogP contribution in [0, 0.1) is 6.92 Å². The lowest BCUT2D eigenvalue weighted by Crippen LogP contribution is -2.16. The topological polar surface area (TPSA) is 60.6 Å². The highest BCUT2D eigenvalue weighted by molar-refractivity contribution is 5.08. The molecule has 92 valence electrons. The molecule has 0 aliphatic heterocycles. The predicted molar refractivity (Wildman–Crippen MR) is 64.4 cm³/mol. The predicted octanol–water partition coefficient (Wildman–Crippen LogP) is 0.478. The first kappa shape index (κ1) is 11.8. The molecule has 2 rings (SSSR count). The number of nitrogens with zero attached hydrogens (tertiary/aromatic N) is 5. The second kappa shape index (κ2) is 5.09. The molecule has 1 N–H and O–H groups in total. The number of hydrogen-bond acceptors (Lipinski definition) is 4. The van der Waals surface area contributed by atoms with Crippen LogP contribution in [0.25, 0.3) is 0 Å². The maximum Gasteiger partial charge on any atom is 0.106 e. The van der Waals surface area contributed by atoms with Gasteiger partial charge in [-0.1, -0.05) is 12.1 Å². The molecule has 0 fully saturated rings. The minimum Gasteiger partial charge on any atom is -0.325 e. The molecule has 0 aliphatic carbocycles. The summed E-state index contributed by atoms with van der Waals surface area (Å²) in [7, 11) is 1.87. The van der Waals surface area contributed by atoms with E-state index in [-0.39, 0.29) is 0 Å². The molecule has 0 bridgehead atoms. The molecule has 2 aromatic heterocycles. The Morgan fingerprint density at radius 3 is 2.88 bits per heavy atom. The molecule has 0 spiro atoms. The Labute approximate surface area is 101 Å². The zero-order valence-corrected chi connectivity index (χ0v) is 10.5. The van der Waals surface area contributed by atoms with E-state index < -0.39 is 0 Å². The fourth-order valence-electron chi connectivity index (χ4n) is 1.75. The number of imidazole rings is 1. The van der Waals surface area contributed by atoms with Crippen molar-refractivity contribution in [1.82, 2.24) is 29.9 Å². The van der Waals surface area contributed by atoms with Crippen molar-refractivity contribution in [2.24, 2.45) is 7.05 Å². The van der Waals surface area contributed by atoms with E-state index in [1.807, 2.05) is 26.4 Å². The molecule has 0 unspecified atom stereocenters. The van der Waals surface area contributed by atoms with Gasteiger partial charge in [-0.2, -0.15) is 0 Å². The maximum atomic E-state index is 4.34. The van der Waals surface area contributed by atoms with Crippen LogP contribution in [-0.2, 0) is 20.1 Å². The Balaban J connectivity index is 2.16. The van der Waals surface area contributed by atoms with Gasteiger partial charge in [0.2, 0.25) is 0 Å². The lowest BCUT2D eigenvalue weighted by Gasteiger charge is -2.08. The summed E-state index contributed by atoms with van der Waals surface area (Å²) in [4.78, 5) is 4.34. The largest absolute Gasteiger partial charge is 0.325 e. The number of rotatable bonds is 5. The van der Waals surface area contributed by atoms with Crippen molar-refractivity contribution in [3.63, 3.8) is 0 Å². The van der Waals surface area contributed by atoms with Crippen molar-refractivity contribution >= 4 is 0 Å². The first-order valence-corrected chi connectivity index (χ1v) is 5.77. The lowest BCUT2D eigenvalue weighted by atomic mass is 10.4. The van der Waals surface area contributed by atoms with Crippen LogP contribution in [0.5, 0.6) is 0 Å². The molecular weight excluding hydrogens is 216 g/mol. The third-order valence-corrected chi connectivity index (χ3v) is 2.66. The zero-order valence-electron chi connectivity index (χ0n) is 10.5. The molecule has 6 nitrogen and oxygen atoms in total. The molecule has 6 heteroatoms. The van der Waals surface area contributed by atoms with Crippen LogP contribution in [0.1, 0.15) is 24.1 Å². The van der Waals surface area contributed by atoms with Crippen molar-refractivity contribution in [3.8, 4) is 0 Å². The number of aromatic nitrogens is 5. The van der Waals surface area contributed by atoms with Crippen LogP contribution in [0.2, 0.25) is 0 Å². The highest BCUT2D eigenvalue weighted by Gasteiger charge is 2.08. The number of hydrogen-bond donors (Lipinski definition) is 1. The van der Waals surface area contributed by atoms with Crippen molar-refractivity contribution < 1.29 is 0 Å². The Bertz CT molecular complexity index is 484. The molecule has 0 radical (unpaired) electrons. The monoisotopic (exact) mass is 234 g/mol. The van der Waals surface area contributed by atoms with Gasteiger partial charge in [0.25, 0.3) is 0 Å². The van der Waals surface area contributed by atoms with Crippen LogP contribution in [0.3, 0.4) is 0 Å². The van der Waals surface area contributed by atoms with E-state index in [1.165, 1.54) is 5.69 Å². The molecule has 0 saturated carbocycles. The van der Waals surface area contributed by atoms with Crippen molar-refractivity contribution in [2.75, 3.05) is 6.54 Å². The summed E-state index contributed by atoms with van der Waals surface area (Å²) >= 11 is 0. The van der Waals surface area contributed by atoms with Gasteiger partial charge in [0.05, 0.1) is 12.2 Å². The summed E-state index contributed by atoms with van der Waals surface area (Å²) in [5, 5.41) is 11.3. The molecular formula is C11H18N6. The minimum atomic E-state index is 0.723. The van der Waals surface area contributed by atoms with Crippen LogP contribution < -0.4 is 5.32 Å². The summed E-state index contributed by atoms with van der Waals surface area (Å²) in [6.45, 7) is 6.61. The van der Waals surface area contributed by atoms with Gasteiger partial charge in [0.1, 0.15) is 11.5 Å². The van der Waals surface area contributed by atoms with E-state index in [4.69, 9.17) is 0 Å². The Hall–Kier alpha value is -1.69. The fourth-order valence-corrected chi connectivity index (χ4v) is 1.75. The second-order valence-electron chi connectivity index (χ2n) is 4.05. The summed E-state index contributed by atoms with van der Waals surface area (Å²) in [5.74, 6) is 1.00. The Morgan fingerprint density at radius 2 is 2.24 bits per heavy atom. The zero-order chi connectivity index (χ0) is 12.3. The van der Waals surface area contributed by atoms with Gasteiger partial charge in [-0.05, 0) is 13.5 Å². The van der Waals surface area contributed by atoms with E-state index in [2.05, 4.69) is 32.1 Å². The molecule has 2 heterocycles. The van der Waals surface area contributed by atoms with Gasteiger partial charge in [0, 0.05) is 26.0 Å².